The number of amides is 2. The van der Waals surface area contributed by atoms with Gasteiger partial charge in [-0.3, -0.25) is 4.90 Å². The zero-order valence-corrected chi connectivity index (χ0v) is 15.9. The number of rotatable bonds is 0. The molecule has 2 fully saturated rings. The Kier molecular flexibility index (Phi) is 5.00. The zero-order valence-electron chi connectivity index (χ0n) is 15.9. The van der Waals surface area contributed by atoms with E-state index in [-0.39, 0.29) is 26.1 Å². The maximum Gasteiger partial charge on any atom is 0.410 e. The summed E-state index contributed by atoms with van der Waals surface area (Å²) in [7, 11) is 0. The minimum atomic E-state index is -1.03. The van der Waals surface area contributed by atoms with Gasteiger partial charge in [0.25, 0.3) is 0 Å². The van der Waals surface area contributed by atoms with Crippen LogP contribution in [0, 0.1) is 0 Å². The van der Waals surface area contributed by atoms with Gasteiger partial charge in [0, 0.05) is 19.5 Å². The average Bonchev–Trinajstić information content (AvgIpc) is 2.34. The van der Waals surface area contributed by atoms with Crippen molar-refractivity contribution in [3.05, 3.63) is 0 Å². The van der Waals surface area contributed by atoms with E-state index in [9.17, 15) is 19.8 Å². The minimum absolute atomic E-state index is 0.0295. The third-order valence-electron chi connectivity index (χ3n) is 4.21. The third kappa shape index (κ3) is 4.55. The van der Waals surface area contributed by atoms with Crippen molar-refractivity contribution in [3.8, 4) is 0 Å². The molecule has 144 valence electrons. The molecule has 2 atom stereocenters. The Balaban J connectivity index is 2.11. The first kappa shape index (κ1) is 19.8. The van der Waals surface area contributed by atoms with Crippen molar-refractivity contribution >= 4 is 12.2 Å². The first-order valence-corrected chi connectivity index (χ1v) is 8.57. The van der Waals surface area contributed by atoms with Gasteiger partial charge in [0.15, 0.2) is 0 Å². The highest BCUT2D eigenvalue weighted by atomic mass is 16.6. The van der Waals surface area contributed by atoms with Crippen LogP contribution in [0.3, 0.4) is 0 Å². The molecule has 0 aliphatic carbocycles. The van der Waals surface area contributed by atoms with Crippen LogP contribution in [0.25, 0.3) is 0 Å². The van der Waals surface area contributed by atoms with Crippen molar-refractivity contribution in [2.45, 2.75) is 76.9 Å². The van der Waals surface area contributed by atoms with Crippen molar-refractivity contribution in [2.24, 2.45) is 0 Å². The number of piperidine rings is 1. The van der Waals surface area contributed by atoms with E-state index in [1.807, 2.05) is 0 Å². The second-order valence-electron chi connectivity index (χ2n) is 8.99. The summed E-state index contributed by atoms with van der Waals surface area (Å²) in [4.78, 5) is 27.7. The van der Waals surface area contributed by atoms with Gasteiger partial charge in [-0.05, 0) is 41.5 Å². The van der Waals surface area contributed by atoms with Crippen LogP contribution in [0.5, 0.6) is 0 Å². The molecule has 0 aromatic heterocycles. The fourth-order valence-electron chi connectivity index (χ4n) is 3.14. The van der Waals surface area contributed by atoms with Gasteiger partial charge in [-0.1, -0.05) is 0 Å². The zero-order chi connectivity index (χ0) is 19.2. The number of ether oxygens (including phenoxy) is 2. The van der Waals surface area contributed by atoms with Crippen LogP contribution in [0.4, 0.5) is 9.59 Å². The van der Waals surface area contributed by atoms with Gasteiger partial charge >= 0.3 is 12.2 Å². The number of hydrogen-bond acceptors (Lipinski definition) is 6. The molecular weight excluding hydrogens is 328 g/mol. The van der Waals surface area contributed by atoms with E-state index in [4.69, 9.17) is 9.47 Å². The summed E-state index contributed by atoms with van der Waals surface area (Å²) in [6.45, 7) is 11.1. The molecule has 0 saturated carbocycles. The molecule has 0 aromatic rings. The Labute approximate surface area is 148 Å². The Morgan fingerprint density at radius 2 is 1.40 bits per heavy atom. The number of carbonyl (C=O) groups is 2. The molecular formula is C17H30N2O6. The van der Waals surface area contributed by atoms with Crippen molar-refractivity contribution in [3.63, 3.8) is 0 Å². The van der Waals surface area contributed by atoms with Crippen LogP contribution >= 0.6 is 0 Å². The van der Waals surface area contributed by atoms with Gasteiger partial charge in [0.1, 0.15) is 11.2 Å². The molecule has 2 rings (SSSR count). The average molecular weight is 358 g/mol. The lowest BCUT2D eigenvalue weighted by atomic mass is 9.78. The van der Waals surface area contributed by atoms with Crippen molar-refractivity contribution in [1.82, 2.24) is 9.80 Å². The predicted octanol–water partition coefficient (Wildman–Crippen LogP) is 1.34. The molecule has 25 heavy (non-hydrogen) atoms. The topological polar surface area (TPSA) is 99.5 Å². The molecule has 2 saturated heterocycles. The summed E-state index contributed by atoms with van der Waals surface area (Å²) in [5, 5.41) is 20.0. The molecule has 8 heteroatoms. The lowest BCUT2D eigenvalue weighted by molar-refractivity contribution is -0.141. The Morgan fingerprint density at radius 3 is 1.88 bits per heavy atom. The molecule has 0 bridgehead atoms. The van der Waals surface area contributed by atoms with Gasteiger partial charge in [-0.15, -0.1) is 0 Å². The van der Waals surface area contributed by atoms with E-state index in [1.54, 1.807) is 41.5 Å². The van der Waals surface area contributed by atoms with Crippen molar-refractivity contribution in [1.29, 1.82) is 0 Å². The summed E-state index contributed by atoms with van der Waals surface area (Å²) in [6, 6.07) is 0. The largest absolute Gasteiger partial charge is 0.444 e. The van der Waals surface area contributed by atoms with Crippen LogP contribution in [0.2, 0.25) is 0 Å². The lowest BCUT2D eigenvalue weighted by Gasteiger charge is -2.58. The summed E-state index contributed by atoms with van der Waals surface area (Å²) < 4.78 is 10.8. The van der Waals surface area contributed by atoms with Gasteiger partial charge in [-0.2, -0.15) is 0 Å². The number of carbonyl (C=O) groups excluding carboxylic acids is 2. The van der Waals surface area contributed by atoms with Gasteiger partial charge < -0.3 is 24.6 Å². The molecule has 0 aromatic carbocycles. The SMILES string of the molecule is CC(C)(C)OC(=O)N1CC2(C[C@@H](O)[C@@H](O)CN2C(=O)OC(C)(C)C)C1. The first-order chi connectivity index (χ1) is 11.2. The maximum atomic E-state index is 12.6. The van der Waals surface area contributed by atoms with E-state index in [0.29, 0.717) is 0 Å². The maximum absolute atomic E-state index is 12.6. The van der Waals surface area contributed by atoms with Gasteiger partial charge in [-0.25, -0.2) is 9.59 Å². The molecule has 2 N–H and O–H groups in total. The summed E-state index contributed by atoms with van der Waals surface area (Å²) in [6.07, 6.45) is -2.80. The highest BCUT2D eigenvalue weighted by molar-refractivity contribution is 5.73. The van der Waals surface area contributed by atoms with E-state index < -0.39 is 41.1 Å². The smallest absolute Gasteiger partial charge is 0.410 e. The molecule has 1 spiro atoms. The fraction of sp³-hybridized carbons (Fsp3) is 0.882. The lowest BCUT2D eigenvalue weighted by Crippen LogP contribution is -2.77. The van der Waals surface area contributed by atoms with Gasteiger partial charge in [0.2, 0.25) is 0 Å². The summed E-state index contributed by atoms with van der Waals surface area (Å²) in [5.41, 5.74) is -2.02. The number of aliphatic hydroxyl groups excluding tert-OH is 2. The van der Waals surface area contributed by atoms with Crippen LogP contribution in [-0.4, -0.2) is 80.8 Å². The highest BCUT2D eigenvalue weighted by Gasteiger charge is 2.57. The molecule has 2 aliphatic heterocycles. The second kappa shape index (κ2) is 6.32. The normalized spacial score (nSPS) is 26.2. The van der Waals surface area contributed by atoms with E-state index in [0.717, 1.165) is 0 Å². The van der Waals surface area contributed by atoms with E-state index >= 15 is 0 Å². The Morgan fingerprint density at radius 1 is 0.920 bits per heavy atom. The van der Waals surface area contributed by atoms with Crippen LogP contribution in [0.1, 0.15) is 48.0 Å². The van der Waals surface area contributed by atoms with Crippen molar-refractivity contribution < 1.29 is 29.3 Å². The quantitative estimate of drug-likeness (QED) is 0.678. The molecule has 8 nitrogen and oxygen atoms in total. The Hall–Kier alpha value is -1.54. The van der Waals surface area contributed by atoms with E-state index in [2.05, 4.69) is 0 Å². The predicted molar refractivity (Wildman–Crippen MR) is 90.1 cm³/mol. The fourth-order valence-corrected chi connectivity index (χ4v) is 3.14. The molecule has 0 unspecified atom stereocenters. The van der Waals surface area contributed by atoms with Crippen LogP contribution < -0.4 is 0 Å². The molecule has 0 radical (unpaired) electrons. The molecule has 2 amide bonds. The van der Waals surface area contributed by atoms with E-state index in [1.165, 1.54) is 9.80 Å². The number of β-amino-alcohol motifs (C(OH)–C–C–N with tert-alkyl or cyclic N) is 1. The standard InChI is InChI=1S/C17H30N2O6/c1-15(2,3)24-13(22)18-9-17(10-18)7-11(20)12(21)8-19(17)14(23)25-16(4,5)6/h11-12,20-21H,7-10H2,1-6H3/t11-,12+/m1/s1. The highest BCUT2D eigenvalue weighted by Crippen LogP contribution is 2.38. The summed E-state index contributed by atoms with van der Waals surface area (Å²) in [5.74, 6) is 0. The van der Waals surface area contributed by atoms with Crippen LogP contribution in [-0.2, 0) is 9.47 Å². The van der Waals surface area contributed by atoms with Gasteiger partial charge in [0.05, 0.1) is 24.3 Å². The molecule has 2 aliphatic rings. The first-order valence-electron chi connectivity index (χ1n) is 8.57. The van der Waals surface area contributed by atoms with Crippen molar-refractivity contribution in [2.75, 3.05) is 19.6 Å². The monoisotopic (exact) mass is 358 g/mol. The Bertz CT molecular complexity index is 530. The molecule has 2 heterocycles. The third-order valence-corrected chi connectivity index (χ3v) is 4.21. The number of hydrogen-bond donors (Lipinski definition) is 2. The minimum Gasteiger partial charge on any atom is -0.444 e. The number of likely N-dealkylation sites (tertiary alicyclic amines) is 2. The summed E-state index contributed by atoms with van der Waals surface area (Å²) >= 11 is 0. The van der Waals surface area contributed by atoms with Crippen LogP contribution in [0.15, 0.2) is 0 Å². The number of nitrogens with zero attached hydrogens (tertiary/aromatic N) is 2. The second-order valence-corrected chi connectivity index (χ2v) is 8.99. The number of aliphatic hydroxyl groups is 2.